The van der Waals surface area contributed by atoms with Crippen molar-refractivity contribution < 1.29 is 13.2 Å². The van der Waals surface area contributed by atoms with E-state index in [4.69, 9.17) is 5.73 Å². The Morgan fingerprint density at radius 1 is 1.06 bits per heavy atom. The number of alkyl halides is 3. The van der Waals surface area contributed by atoms with E-state index in [0.717, 1.165) is 23.9 Å². The maximum absolute atomic E-state index is 12.7. The lowest BCUT2D eigenvalue weighted by Crippen LogP contribution is -2.25. The average molecular weight is 456 g/mol. The molecule has 5 nitrogen and oxygen atoms in total. The molecule has 2 atom stereocenters. The van der Waals surface area contributed by atoms with Crippen LogP contribution in [-0.4, -0.2) is 39.8 Å². The molecule has 8 heteroatoms. The van der Waals surface area contributed by atoms with Crippen molar-refractivity contribution in [2.45, 2.75) is 79.1 Å². The fourth-order valence-electron chi connectivity index (χ4n) is 3.73. The number of hydrogen-bond acceptors (Lipinski definition) is 4. The summed E-state index contributed by atoms with van der Waals surface area (Å²) in [6.45, 7) is 11.9. The van der Waals surface area contributed by atoms with Crippen LogP contribution < -0.4 is 5.73 Å². The van der Waals surface area contributed by atoms with Crippen molar-refractivity contribution in [3.63, 3.8) is 0 Å². The van der Waals surface area contributed by atoms with Gasteiger partial charge in [0.15, 0.2) is 0 Å². The SMILES string of the molecule is CC.CC.CC(C)n1ccc(-c2cnc(N)c(C(F)(F)F)c2)n1.CN(C)C1CC2CC2C1. The van der Waals surface area contributed by atoms with Crippen LogP contribution in [0.1, 0.15) is 72.4 Å². The van der Waals surface area contributed by atoms with Gasteiger partial charge in [0.1, 0.15) is 5.82 Å². The Kier molecular flexibility index (Phi) is 10.7. The first-order chi connectivity index (χ1) is 15.1. The van der Waals surface area contributed by atoms with Crippen molar-refractivity contribution in [2.24, 2.45) is 11.8 Å². The van der Waals surface area contributed by atoms with Gasteiger partial charge in [-0.25, -0.2) is 4.98 Å². The Balaban J connectivity index is 0.000000326. The summed E-state index contributed by atoms with van der Waals surface area (Å²) in [6.07, 6.45) is 2.99. The molecule has 0 aliphatic heterocycles. The van der Waals surface area contributed by atoms with Gasteiger partial charge in [0.25, 0.3) is 0 Å². The van der Waals surface area contributed by atoms with Gasteiger partial charge in [0.2, 0.25) is 0 Å². The van der Waals surface area contributed by atoms with Crippen LogP contribution in [-0.2, 0) is 6.18 Å². The van der Waals surface area contributed by atoms with E-state index in [1.165, 1.54) is 19.0 Å². The van der Waals surface area contributed by atoms with Crippen LogP contribution in [0.15, 0.2) is 24.5 Å². The van der Waals surface area contributed by atoms with E-state index in [-0.39, 0.29) is 6.04 Å². The van der Waals surface area contributed by atoms with Gasteiger partial charge in [-0.1, -0.05) is 27.7 Å². The summed E-state index contributed by atoms with van der Waals surface area (Å²) >= 11 is 0. The number of pyridine rings is 1. The van der Waals surface area contributed by atoms with Gasteiger partial charge in [-0.2, -0.15) is 18.3 Å². The number of nitrogens with two attached hydrogens (primary N) is 1. The second kappa shape index (κ2) is 12.2. The Labute approximate surface area is 191 Å². The number of nitrogens with zero attached hydrogens (tertiary/aromatic N) is 4. The van der Waals surface area contributed by atoms with Crippen LogP contribution in [0.2, 0.25) is 0 Å². The molecule has 2 saturated carbocycles. The molecule has 2 fully saturated rings. The highest BCUT2D eigenvalue weighted by Gasteiger charge is 2.46. The van der Waals surface area contributed by atoms with Crippen LogP contribution in [0.5, 0.6) is 0 Å². The van der Waals surface area contributed by atoms with Gasteiger partial charge in [-0.05, 0) is 71.2 Å². The Morgan fingerprint density at radius 3 is 2.03 bits per heavy atom. The van der Waals surface area contributed by atoms with Gasteiger partial charge < -0.3 is 10.6 Å². The smallest absolute Gasteiger partial charge is 0.383 e. The van der Waals surface area contributed by atoms with Gasteiger partial charge in [0.05, 0.1) is 11.3 Å². The molecule has 2 aliphatic carbocycles. The zero-order chi connectivity index (χ0) is 24.6. The Morgan fingerprint density at radius 2 is 1.62 bits per heavy atom. The van der Waals surface area contributed by atoms with E-state index in [0.29, 0.717) is 11.3 Å². The van der Waals surface area contributed by atoms with Crippen LogP contribution in [0.25, 0.3) is 11.3 Å². The third-order valence-electron chi connectivity index (χ3n) is 5.61. The number of fused-ring (bicyclic) bond motifs is 1. The van der Waals surface area contributed by atoms with Crippen LogP contribution in [0.4, 0.5) is 19.0 Å². The van der Waals surface area contributed by atoms with Crippen LogP contribution in [0.3, 0.4) is 0 Å². The fourth-order valence-corrected chi connectivity index (χ4v) is 3.73. The molecule has 0 spiro atoms. The average Bonchev–Trinajstić information content (AvgIpc) is 3.15. The van der Waals surface area contributed by atoms with E-state index >= 15 is 0 Å². The topological polar surface area (TPSA) is 60.0 Å². The van der Waals surface area contributed by atoms with Crippen molar-refractivity contribution in [1.82, 2.24) is 19.7 Å². The van der Waals surface area contributed by atoms with Crippen molar-refractivity contribution in [1.29, 1.82) is 0 Å². The normalized spacial score (nSPS) is 21.0. The molecule has 0 radical (unpaired) electrons. The van der Waals surface area contributed by atoms with E-state index in [2.05, 4.69) is 29.1 Å². The molecule has 2 N–H and O–H groups in total. The first-order valence-corrected chi connectivity index (χ1v) is 11.6. The highest BCUT2D eigenvalue weighted by molar-refractivity contribution is 5.61. The van der Waals surface area contributed by atoms with Crippen molar-refractivity contribution in [3.05, 3.63) is 30.1 Å². The van der Waals surface area contributed by atoms with E-state index < -0.39 is 17.6 Å². The highest BCUT2D eigenvalue weighted by atomic mass is 19.4. The third-order valence-corrected chi connectivity index (χ3v) is 5.61. The molecular weight excluding hydrogens is 415 g/mol. The van der Waals surface area contributed by atoms with Gasteiger partial charge in [-0.3, -0.25) is 4.68 Å². The highest BCUT2D eigenvalue weighted by Crippen LogP contribution is 2.52. The summed E-state index contributed by atoms with van der Waals surface area (Å²) in [5.41, 5.74) is 5.04. The fraction of sp³-hybridized carbons (Fsp3) is 0.667. The lowest BCUT2D eigenvalue weighted by molar-refractivity contribution is -0.137. The van der Waals surface area contributed by atoms with E-state index in [9.17, 15) is 13.2 Å². The standard InChI is InChI=1S/C12H13F3N4.C8H15N.2C2H6/c1-7(2)19-4-3-10(18-19)8-5-9(12(13,14)15)11(16)17-6-8;1-9(2)8-4-6-3-7(6)5-8;2*1-2/h3-7H,1-2H3,(H2,16,17);6-8H,3-5H2,1-2H3;2*1-2H3. The predicted molar refractivity (Wildman–Crippen MR) is 126 cm³/mol. The van der Waals surface area contributed by atoms with E-state index in [1.807, 2.05) is 41.5 Å². The molecule has 182 valence electrons. The molecule has 0 aromatic carbocycles. The first kappa shape index (κ1) is 27.9. The maximum Gasteiger partial charge on any atom is 0.419 e. The van der Waals surface area contributed by atoms with Crippen molar-refractivity contribution in [3.8, 4) is 11.3 Å². The molecule has 32 heavy (non-hydrogen) atoms. The summed E-state index contributed by atoms with van der Waals surface area (Å²) in [5.74, 6) is 1.74. The zero-order valence-corrected chi connectivity index (χ0v) is 20.7. The second-order valence-corrected chi connectivity index (χ2v) is 8.27. The van der Waals surface area contributed by atoms with Crippen molar-refractivity contribution >= 4 is 5.82 Å². The Bertz CT molecular complexity index is 804. The van der Waals surface area contributed by atoms with E-state index in [1.54, 1.807) is 23.4 Å². The summed E-state index contributed by atoms with van der Waals surface area (Å²) in [6, 6.07) is 3.68. The quantitative estimate of drug-likeness (QED) is 0.572. The number of rotatable bonds is 3. The number of anilines is 1. The van der Waals surface area contributed by atoms with Gasteiger partial charge in [-0.15, -0.1) is 0 Å². The molecule has 2 aromatic rings. The number of nitrogen functional groups attached to an aromatic ring is 1. The van der Waals surface area contributed by atoms with Crippen LogP contribution in [0, 0.1) is 11.8 Å². The number of hydrogen-bond donors (Lipinski definition) is 1. The predicted octanol–water partition coefficient (Wildman–Crippen LogP) is 6.53. The van der Waals surface area contributed by atoms with Crippen molar-refractivity contribution in [2.75, 3.05) is 19.8 Å². The third kappa shape index (κ3) is 7.50. The molecule has 2 unspecified atom stereocenters. The molecule has 2 heterocycles. The minimum atomic E-state index is -4.52. The number of aromatic nitrogens is 3. The summed E-state index contributed by atoms with van der Waals surface area (Å²) < 4.78 is 39.9. The summed E-state index contributed by atoms with van der Waals surface area (Å²) in [7, 11) is 4.41. The molecule has 0 amide bonds. The van der Waals surface area contributed by atoms with Gasteiger partial charge in [0, 0.05) is 30.0 Å². The molecule has 2 aliphatic rings. The summed E-state index contributed by atoms with van der Waals surface area (Å²) in [5, 5.41) is 4.20. The zero-order valence-electron chi connectivity index (χ0n) is 20.7. The summed E-state index contributed by atoms with van der Waals surface area (Å²) in [4.78, 5) is 5.97. The first-order valence-electron chi connectivity index (χ1n) is 11.6. The molecular formula is C24H40F3N5. The molecule has 0 bridgehead atoms. The maximum atomic E-state index is 12.7. The lowest BCUT2D eigenvalue weighted by Gasteiger charge is -2.19. The molecule has 0 saturated heterocycles. The number of halogens is 3. The monoisotopic (exact) mass is 455 g/mol. The van der Waals surface area contributed by atoms with Crippen LogP contribution >= 0.6 is 0 Å². The second-order valence-electron chi connectivity index (χ2n) is 8.27. The largest absolute Gasteiger partial charge is 0.419 e. The molecule has 2 aromatic heterocycles. The minimum Gasteiger partial charge on any atom is -0.383 e. The molecule has 4 rings (SSSR count). The van der Waals surface area contributed by atoms with Gasteiger partial charge >= 0.3 is 6.18 Å². The minimum absolute atomic E-state index is 0.137. The lowest BCUT2D eigenvalue weighted by atomic mass is 10.1. The Hall–Kier alpha value is -2.09.